The molecule has 2 atom stereocenters. The van der Waals surface area contributed by atoms with Crippen molar-refractivity contribution in [3.63, 3.8) is 0 Å². The number of hydrogen-bond acceptors (Lipinski definition) is 2. The summed E-state index contributed by atoms with van der Waals surface area (Å²) in [6, 6.07) is 14.6. The molecule has 0 saturated heterocycles. The van der Waals surface area contributed by atoms with E-state index in [1.165, 1.54) is 22.4 Å². The Kier molecular flexibility index (Phi) is 4.39. The summed E-state index contributed by atoms with van der Waals surface area (Å²) in [6.45, 7) is 6.82. The summed E-state index contributed by atoms with van der Waals surface area (Å²) in [5.41, 5.74) is 3.39. The Morgan fingerprint density at radius 2 is 1.86 bits per heavy atom. The zero-order valence-corrected chi connectivity index (χ0v) is 14.2. The molecule has 2 aromatic carbocycles. The van der Waals surface area contributed by atoms with E-state index in [0.717, 1.165) is 10.5 Å². The lowest BCUT2D eigenvalue weighted by Gasteiger charge is -2.20. The van der Waals surface area contributed by atoms with E-state index in [1.54, 1.807) is 11.8 Å². The lowest BCUT2D eigenvalue weighted by Crippen LogP contribution is -2.07. The molecule has 0 radical (unpaired) electrons. The highest BCUT2D eigenvalue weighted by molar-refractivity contribution is 7.99. The van der Waals surface area contributed by atoms with Crippen molar-refractivity contribution in [1.29, 1.82) is 0 Å². The Morgan fingerprint density at radius 3 is 2.64 bits per heavy atom. The van der Waals surface area contributed by atoms with E-state index in [4.69, 9.17) is 0 Å². The topological polar surface area (TPSA) is 17.1 Å². The highest BCUT2D eigenvalue weighted by atomic mass is 32.2. The summed E-state index contributed by atoms with van der Waals surface area (Å²) in [5, 5.41) is 0. The van der Waals surface area contributed by atoms with Gasteiger partial charge in [0.15, 0.2) is 5.78 Å². The van der Waals surface area contributed by atoms with Crippen LogP contribution in [0.1, 0.15) is 54.6 Å². The van der Waals surface area contributed by atoms with Gasteiger partial charge in [-0.3, -0.25) is 4.79 Å². The molecule has 1 aliphatic heterocycles. The number of rotatable bonds is 3. The fourth-order valence-corrected chi connectivity index (χ4v) is 4.05. The smallest absolute Gasteiger partial charge is 0.168 e. The molecule has 0 N–H and O–H groups in total. The molecular formula is C20H22OS. The molecule has 0 bridgehead atoms. The van der Waals surface area contributed by atoms with Gasteiger partial charge < -0.3 is 0 Å². The average molecular weight is 310 g/mol. The molecule has 0 aliphatic carbocycles. The number of carbonyl (C=O) groups excluding carboxylic acids is 1. The van der Waals surface area contributed by atoms with Crippen molar-refractivity contribution >= 4 is 17.5 Å². The van der Waals surface area contributed by atoms with Crippen molar-refractivity contribution in [2.24, 2.45) is 5.92 Å². The molecule has 2 heteroatoms. The molecule has 114 valence electrons. The molecule has 0 saturated carbocycles. The average Bonchev–Trinajstić information content (AvgIpc) is 2.68. The van der Waals surface area contributed by atoms with Crippen molar-refractivity contribution < 1.29 is 4.79 Å². The van der Waals surface area contributed by atoms with Crippen molar-refractivity contribution in [2.75, 3.05) is 0 Å². The molecule has 22 heavy (non-hydrogen) atoms. The molecule has 1 heterocycles. The van der Waals surface area contributed by atoms with Gasteiger partial charge in [-0.25, -0.2) is 0 Å². The van der Waals surface area contributed by atoms with Gasteiger partial charge in [-0.1, -0.05) is 69.3 Å². The maximum absolute atomic E-state index is 12.5. The fraction of sp³-hybridized carbons (Fsp3) is 0.350. The van der Waals surface area contributed by atoms with Crippen LogP contribution in [-0.4, -0.2) is 5.78 Å². The largest absolute Gasteiger partial charge is 0.294 e. The third-order valence-corrected chi connectivity index (χ3v) is 6.06. The molecular weight excluding hydrogens is 288 g/mol. The van der Waals surface area contributed by atoms with Crippen LogP contribution in [0.25, 0.3) is 0 Å². The monoisotopic (exact) mass is 310 g/mol. The number of hydrogen-bond donors (Lipinski definition) is 0. The third-order valence-electron chi connectivity index (χ3n) is 4.87. The van der Waals surface area contributed by atoms with Gasteiger partial charge in [-0.2, -0.15) is 0 Å². The van der Waals surface area contributed by atoms with Crippen LogP contribution in [0.2, 0.25) is 0 Å². The van der Waals surface area contributed by atoms with Crippen molar-refractivity contribution in [1.82, 2.24) is 0 Å². The Hall–Kier alpha value is -1.54. The van der Waals surface area contributed by atoms with Crippen LogP contribution in [0.5, 0.6) is 0 Å². The minimum absolute atomic E-state index is 0.232. The highest BCUT2D eigenvalue weighted by Gasteiger charge is 2.21. The molecule has 3 rings (SSSR count). The maximum Gasteiger partial charge on any atom is 0.168 e. The van der Waals surface area contributed by atoms with E-state index in [-0.39, 0.29) is 5.78 Å². The Morgan fingerprint density at radius 1 is 1.09 bits per heavy atom. The molecule has 0 fully saturated rings. The van der Waals surface area contributed by atoms with Crippen LogP contribution in [0, 0.1) is 5.92 Å². The minimum atomic E-state index is 0.232. The molecule has 1 aliphatic rings. The highest BCUT2D eigenvalue weighted by Crippen LogP contribution is 2.38. The second-order valence-electron chi connectivity index (χ2n) is 6.24. The first-order valence-electron chi connectivity index (χ1n) is 8.03. The van der Waals surface area contributed by atoms with Crippen LogP contribution in [0.4, 0.5) is 0 Å². The Bertz CT molecular complexity index is 705. The van der Waals surface area contributed by atoms with Crippen LogP contribution in [-0.2, 0) is 6.42 Å². The van der Waals surface area contributed by atoms with Crippen molar-refractivity contribution in [3.05, 3.63) is 59.2 Å². The second-order valence-corrected chi connectivity index (χ2v) is 7.32. The van der Waals surface area contributed by atoms with E-state index >= 15 is 0 Å². The predicted molar refractivity (Wildman–Crippen MR) is 92.9 cm³/mol. The van der Waals surface area contributed by atoms with E-state index in [0.29, 0.717) is 18.3 Å². The number of benzene rings is 2. The molecule has 2 unspecified atom stereocenters. The zero-order valence-electron chi connectivity index (χ0n) is 13.4. The fourth-order valence-electron chi connectivity index (χ4n) is 2.98. The number of fused-ring (bicyclic) bond motifs is 2. The Balaban J connectivity index is 1.98. The molecule has 0 amide bonds. The number of ketones is 1. The first-order valence-corrected chi connectivity index (χ1v) is 8.84. The van der Waals surface area contributed by atoms with E-state index in [2.05, 4.69) is 39.0 Å². The van der Waals surface area contributed by atoms with E-state index in [1.807, 2.05) is 24.3 Å². The number of Topliss-reactive ketones (excluding diaryl/α,β-unsaturated/α-hetero) is 1. The summed E-state index contributed by atoms with van der Waals surface area (Å²) in [7, 11) is 0. The summed E-state index contributed by atoms with van der Waals surface area (Å²) in [6.07, 6.45) is 1.69. The summed E-state index contributed by atoms with van der Waals surface area (Å²) < 4.78 is 0. The van der Waals surface area contributed by atoms with Crippen molar-refractivity contribution in [2.45, 2.75) is 49.3 Å². The SMILES string of the molecule is CCC(C)C(C)c1ccc2c(c1)CC(=O)c1ccccc1S2. The van der Waals surface area contributed by atoms with Crippen molar-refractivity contribution in [3.8, 4) is 0 Å². The van der Waals surface area contributed by atoms with E-state index < -0.39 is 0 Å². The van der Waals surface area contributed by atoms with Gasteiger partial charge in [0.1, 0.15) is 0 Å². The minimum Gasteiger partial charge on any atom is -0.294 e. The van der Waals surface area contributed by atoms with Gasteiger partial charge in [-0.15, -0.1) is 0 Å². The first-order chi connectivity index (χ1) is 10.6. The quantitative estimate of drug-likeness (QED) is 0.720. The van der Waals surface area contributed by atoms with Gasteiger partial charge in [0.05, 0.1) is 0 Å². The molecule has 0 aromatic heterocycles. The lowest BCUT2D eigenvalue weighted by atomic mass is 9.86. The van der Waals surface area contributed by atoms with Crippen LogP contribution in [0.3, 0.4) is 0 Å². The van der Waals surface area contributed by atoms with Gasteiger partial charge in [-0.05, 0) is 35.1 Å². The van der Waals surface area contributed by atoms with Gasteiger partial charge in [0.2, 0.25) is 0 Å². The van der Waals surface area contributed by atoms with Crippen LogP contribution < -0.4 is 0 Å². The predicted octanol–water partition coefficient (Wildman–Crippen LogP) is 5.73. The lowest BCUT2D eigenvalue weighted by molar-refractivity contribution is 0.0990. The van der Waals surface area contributed by atoms with E-state index in [9.17, 15) is 4.79 Å². The number of carbonyl (C=O) groups is 1. The van der Waals surface area contributed by atoms with Gasteiger partial charge >= 0.3 is 0 Å². The van der Waals surface area contributed by atoms with Crippen LogP contribution >= 0.6 is 11.8 Å². The normalized spacial score (nSPS) is 16.4. The summed E-state index contributed by atoms with van der Waals surface area (Å²) in [4.78, 5) is 14.8. The van der Waals surface area contributed by atoms with Gasteiger partial charge in [0, 0.05) is 21.8 Å². The first kappa shape index (κ1) is 15.4. The zero-order chi connectivity index (χ0) is 15.7. The molecule has 0 spiro atoms. The molecule has 1 nitrogen and oxygen atoms in total. The third kappa shape index (κ3) is 2.85. The maximum atomic E-state index is 12.5. The molecule has 2 aromatic rings. The second kappa shape index (κ2) is 6.29. The van der Waals surface area contributed by atoms with Gasteiger partial charge in [0.25, 0.3) is 0 Å². The summed E-state index contributed by atoms with van der Waals surface area (Å²) in [5.74, 6) is 1.42. The Labute approximate surface area is 137 Å². The summed E-state index contributed by atoms with van der Waals surface area (Å²) >= 11 is 1.72. The van der Waals surface area contributed by atoms with Crippen LogP contribution in [0.15, 0.2) is 52.3 Å². The standard InChI is InChI=1S/C20H22OS/c1-4-13(2)14(3)15-9-10-19-16(11-15)12-18(21)17-7-5-6-8-20(17)22-19/h5-11,13-14H,4,12H2,1-3H3.